The number of rotatable bonds is 7. The maximum absolute atomic E-state index is 11.7. The normalized spacial score (nSPS) is 16.4. The van der Waals surface area contributed by atoms with Crippen molar-refractivity contribution in [1.82, 2.24) is 24.8 Å². The number of aromatic nitrogens is 4. The van der Waals surface area contributed by atoms with Gasteiger partial charge in [0.2, 0.25) is 16.0 Å². The van der Waals surface area contributed by atoms with Gasteiger partial charge < -0.3 is 20.1 Å². The SMILES string of the molecule is CC1CN(c2ccc(Nc3ncc4ccn(Cc5cccnc5NS(C)(=O)=O)c4n3)cc2)CCN1. The van der Waals surface area contributed by atoms with E-state index in [0.29, 0.717) is 24.4 Å². The van der Waals surface area contributed by atoms with Gasteiger partial charge in [-0.15, -0.1) is 0 Å². The van der Waals surface area contributed by atoms with Crippen molar-refractivity contribution >= 4 is 44.2 Å². The molecule has 1 atom stereocenters. The van der Waals surface area contributed by atoms with Gasteiger partial charge in [0.25, 0.3) is 0 Å². The van der Waals surface area contributed by atoms with E-state index in [1.54, 1.807) is 18.5 Å². The lowest BCUT2D eigenvalue weighted by molar-refractivity contribution is 0.485. The lowest BCUT2D eigenvalue weighted by atomic mass is 10.2. The van der Waals surface area contributed by atoms with Crippen LogP contribution in [-0.4, -0.2) is 59.9 Å². The van der Waals surface area contributed by atoms with Crippen LogP contribution in [0.2, 0.25) is 0 Å². The first-order chi connectivity index (χ1) is 16.8. The van der Waals surface area contributed by atoms with Gasteiger partial charge in [0.15, 0.2) is 0 Å². The summed E-state index contributed by atoms with van der Waals surface area (Å²) in [5.74, 6) is 0.796. The molecule has 1 aromatic carbocycles. The molecule has 1 fully saturated rings. The molecule has 4 heterocycles. The third-order valence-electron chi connectivity index (χ3n) is 5.87. The Balaban J connectivity index is 1.35. The molecular formula is C24H28N8O2S. The number of sulfonamides is 1. The second-order valence-electron chi connectivity index (χ2n) is 8.77. The first kappa shape index (κ1) is 23.1. The predicted molar refractivity (Wildman–Crippen MR) is 139 cm³/mol. The molecule has 0 saturated carbocycles. The van der Waals surface area contributed by atoms with Crippen LogP contribution in [0, 0.1) is 0 Å². The van der Waals surface area contributed by atoms with E-state index in [0.717, 1.165) is 48.2 Å². The molecule has 0 spiro atoms. The smallest absolute Gasteiger partial charge is 0.230 e. The first-order valence-corrected chi connectivity index (χ1v) is 13.3. The van der Waals surface area contributed by atoms with E-state index >= 15 is 0 Å². The Bertz CT molecular complexity index is 1440. The lowest BCUT2D eigenvalue weighted by Gasteiger charge is -2.33. The highest BCUT2D eigenvalue weighted by molar-refractivity contribution is 7.92. The van der Waals surface area contributed by atoms with Gasteiger partial charge in [0, 0.05) is 66.6 Å². The van der Waals surface area contributed by atoms with Gasteiger partial charge in [0.05, 0.1) is 12.8 Å². The summed E-state index contributed by atoms with van der Waals surface area (Å²) in [4.78, 5) is 15.7. The molecule has 1 aliphatic heterocycles. The van der Waals surface area contributed by atoms with Crippen molar-refractivity contribution in [3.8, 4) is 0 Å². The minimum absolute atomic E-state index is 0.309. The number of fused-ring (bicyclic) bond motifs is 1. The fourth-order valence-corrected chi connectivity index (χ4v) is 4.76. The Morgan fingerprint density at radius 1 is 1.14 bits per heavy atom. The number of anilines is 4. The van der Waals surface area contributed by atoms with E-state index in [1.165, 1.54) is 5.69 Å². The zero-order valence-corrected chi connectivity index (χ0v) is 20.5. The highest BCUT2D eigenvalue weighted by Gasteiger charge is 2.16. The van der Waals surface area contributed by atoms with Gasteiger partial charge in [-0.3, -0.25) is 4.72 Å². The number of benzene rings is 1. The van der Waals surface area contributed by atoms with Crippen molar-refractivity contribution in [3.05, 3.63) is 66.6 Å². The van der Waals surface area contributed by atoms with Crippen molar-refractivity contribution in [2.24, 2.45) is 0 Å². The largest absolute Gasteiger partial charge is 0.369 e. The molecular weight excluding hydrogens is 464 g/mol. The highest BCUT2D eigenvalue weighted by atomic mass is 32.2. The Morgan fingerprint density at radius 3 is 2.74 bits per heavy atom. The Labute approximate surface area is 204 Å². The zero-order chi connectivity index (χ0) is 24.4. The van der Waals surface area contributed by atoms with Gasteiger partial charge in [-0.1, -0.05) is 6.07 Å². The van der Waals surface area contributed by atoms with Crippen LogP contribution in [0.15, 0.2) is 61.1 Å². The van der Waals surface area contributed by atoms with Gasteiger partial charge in [0.1, 0.15) is 11.5 Å². The maximum atomic E-state index is 11.7. The van der Waals surface area contributed by atoms with E-state index < -0.39 is 10.0 Å². The fourth-order valence-electron chi connectivity index (χ4n) is 4.23. The van der Waals surface area contributed by atoms with Crippen LogP contribution in [0.25, 0.3) is 11.0 Å². The molecule has 1 saturated heterocycles. The number of nitrogens with zero attached hydrogens (tertiary/aromatic N) is 5. The summed E-state index contributed by atoms with van der Waals surface area (Å²) in [6.45, 7) is 5.57. The molecule has 0 bridgehead atoms. The molecule has 0 aliphatic carbocycles. The van der Waals surface area contributed by atoms with Crippen molar-refractivity contribution < 1.29 is 8.42 Å². The summed E-state index contributed by atoms with van der Waals surface area (Å²) in [5, 5.41) is 7.64. The fraction of sp³-hybridized carbons (Fsp3) is 0.292. The summed E-state index contributed by atoms with van der Waals surface area (Å²) in [6, 6.07) is 14.3. The third kappa shape index (κ3) is 5.52. The molecule has 11 heteroatoms. The number of nitrogens with one attached hydrogen (secondary N) is 3. The van der Waals surface area contributed by atoms with Gasteiger partial charge >= 0.3 is 0 Å². The third-order valence-corrected chi connectivity index (χ3v) is 6.44. The van der Waals surface area contributed by atoms with Crippen molar-refractivity contribution in [2.75, 3.05) is 40.8 Å². The molecule has 4 aromatic rings. The maximum Gasteiger partial charge on any atom is 0.230 e. The standard InChI is InChI=1S/C24H28N8O2S/c1-17-15-31(13-11-25-17)21-7-5-20(6-8-21)28-24-27-14-18-9-12-32(23(18)29-24)16-19-4-3-10-26-22(19)30-35(2,33)34/h3-10,12,14,17,25H,11,13,15-16H2,1-2H3,(H,26,30)(H,27,28,29). The van der Waals surface area contributed by atoms with Crippen LogP contribution in [0.3, 0.4) is 0 Å². The molecule has 1 aliphatic rings. The monoisotopic (exact) mass is 492 g/mol. The summed E-state index contributed by atoms with van der Waals surface area (Å²) < 4.78 is 27.9. The van der Waals surface area contributed by atoms with Crippen LogP contribution in [0.4, 0.5) is 23.1 Å². The molecule has 35 heavy (non-hydrogen) atoms. The molecule has 3 N–H and O–H groups in total. The van der Waals surface area contributed by atoms with Crippen LogP contribution >= 0.6 is 0 Å². The highest BCUT2D eigenvalue weighted by Crippen LogP contribution is 2.23. The number of piperazine rings is 1. The average Bonchev–Trinajstić information content (AvgIpc) is 3.22. The molecule has 0 radical (unpaired) electrons. The van der Waals surface area contributed by atoms with Gasteiger partial charge in [-0.2, -0.15) is 4.98 Å². The number of hydrogen-bond acceptors (Lipinski definition) is 8. The van der Waals surface area contributed by atoms with E-state index in [9.17, 15) is 8.42 Å². The number of pyridine rings is 1. The van der Waals surface area contributed by atoms with Crippen LogP contribution < -0.4 is 20.3 Å². The van der Waals surface area contributed by atoms with Crippen LogP contribution in [0.5, 0.6) is 0 Å². The minimum Gasteiger partial charge on any atom is -0.369 e. The van der Waals surface area contributed by atoms with E-state index in [-0.39, 0.29) is 0 Å². The van der Waals surface area contributed by atoms with E-state index in [2.05, 4.69) is 49.3 Å². The molecule has 0 amide bonds. The lowest BCUT2D eigenvalue weighted by Crippen LogP contribution is -2.49. The molecule has 182 valence electrons. The molecule has 1 unspecified atom stereocenters. The number of hydrogen-bond donors (Lipinski definition) is 3. The minimum atomic E-state index is -3.44. The van der Waals surface area contributed by atoms with Crippen LogP contribution in [-0.2, 0) is 16.6 Å². The molecule has 3 aromatic heterocycles. The summed E-state index contributed by atoms with van der Waals surface area (Å²) in [6.07, 6.45) is 6.35. The summed E-state index contributed by atoms with van der Waals surface area (Å²) in [5.41, 5.74) is 3.58. The van der Waals surface area contributed by atoms with Crippen molar-refractivity contribution in [3.63, 3.8) is 0 Å². The van der Waals surface area contributed by atoms with Gasteiger partial charge in [-0.25, -0.2) is 18.4 Å². The summed E-state index contributed by atoms with van der Waals surface area (Å²) >= 11 is 0. The topological polar surface area (TPSA) is 117 Å². The van der Waals surface area contributed by atoms with Crippen LogP contribution in [0.1, 0.15) is 12.5 Å². The molecule has 5 rings (SSSR count). The van der Waals surface area contributed by atoms with Gasteiger partial charge in [-0.05, 0) is 43.3 Å². The Morgan fingerprint density at radius 2 is 1.97 bits per heavy atom. The quantitative estimate of drug-likeness (QED) is 0.361. The second kappa shape index (κ2) is 9.51. The second-order valence-corrected chi connectivity index (χ2v) is 10.5. The predicted octanol–water partition coefficient (Wildman–Crippen LogP) is 2.79. The Hall–Kier alpha value is -3.70. The van der Waals surface area contributed by atoms with Crippen molar-refractivity contribution in [2.45, 2.75) is 19.5 Å². The van der Waals surface area contributed by atoms with E-state index in [4.69, 9.17) is 4.98 Å². The summed E-state index contributed by atoms with van der Waals surface area (Å²) in [7, 11) is -3.44. The van der Waals surface area contributed by atoms with Crippen molar-refractivity contribution in [1.29, 1.82) is 0 Å². The molecule has 10 nitrogen and oxygen atoms in total. The zero-order valence-electron chi connectivity index (χ0n) is 19.6. The first-order valence-electron chi connectivity index (χ1n) is 11.4. The Kier molecular flexibility index (Phi) is 6.27. The average molecular weight is 493 g/mol. The van der Waals surface area contributed by atoms with E-state index in [1.807, 2.05) is 35.0 Å².